The highest BCUT2D eigenvalue weighted by Crippen LogP contribution is 2.43. The van der Waals surface area contributed by atoms with Gasteiger partial charge in [0.15, 0.2) is 0 Å². The van der Waals surface area contributed by atoms with Crippen LogP contribution in [0.5, 0.6) is 5.75 Å². The number of aryl methyl sites for hydroxylation is 1. The van der Waals surface area contributed by atoms with Gasteiger partial charge in [0.25, 0.3) is 11.7 Å². The average molecular weight is 512 g/mol. The fraction of sp³-hybridized carbons (Fsp3) is 0.233. The summed E-state index contributed by atoms with van der Waals surface area (Å²) in [6.45, 7) is 2.06. The highest BCUT2D eigenvalue weighted by atomic mass is 16.5. The Hall–Kier alpha value is -4.59. The first kappa shape index (κ1) is 25.1. The molecule has 0 bridgehead atoms. The van der Waals surface area contributed by atoms with Crippen molar-refractivity contribution in [3.63, 3.8) is 0 Å². The normalized spacial score (nSPS) is 18.1. The Morgan fingerprint density at radius 1 is 1.03 bits per heavy atom. The van der Waals surface area contributed by atoms with Crippen LogP contribution in [0.1, 0.15) is 36.1 Å². The molecule has 5 rings (SSSR count). The number of aliphatic hydroxyl groups excluding tert-OH is 1. The van der Waals surface area contributed by atoms with Gasteiger partial charge >= 0.3 is 0 Å². The maximum atomic E-state index is 13.5. The fourth-order valence-corrected chi connectivity index (χ4v) is 4.94. The summed E-state index contributed by atoms with van der Waals surface area (Å²) < 4.78 is 5.69. The molecule has 194 valence electrons. The summed E-state index contributed by atoms with van der Waals surface area (Å²) in [5, 5.41) is 14.2. The maximum absolute atomic E-state index is 13.5. The molecule has 8 heteroatoms. The number of anilines is 3. The molecule has 1 fully saturated rings. The lowest BCUT2D eigenvalue weighted by Gasteiger charge is -2.26. The number of carbonyl (C=O) groups excluding carboxylic acids is 3. The molecule has 0 aromatic heterocycles. The SMILES string of the molecule is CC(=O)Nc1ccc(N2C(=O)C(=O)/C(=C(\O)c3ccc4c(c3)CCCO4)C2c2ccc(N(C)C)cc2)cc1. The number of amides is 2. The van der Waals surface area contributed by atoms with E-state index in [0.29, 0.717) is 29.1 Å². The molecule has 2 amide bonds. The summed E-state index contributed by atoms with van der Waals surface area (Å²) in [6, 6.07) is 18.7. The summed E-state index contributed by atoms with van der Waals surface area (Å²) in [6.07, 6.45) is 1.68. The Labute approximate surface area is 221 Å². The van der Waals surface area contributed by atoms with Crippen molar-refractivity contribution in [2.75, 3.05) is 35.8 Å². The Bertz CT molecular complexity index is 1440. The van der Waals surface area contributed by atoms with Crippen molar-refractivity contribution < 1.29 is 24.2 Å². The number of hydrogen-bond acceptors (Lipinski definition) is 6. The number of nitrogens with zero attached hydrogens (tertiary/aromatic N) is 2. The maximum Gasteiger partial charge on any atom is 0.300 e. The third-order valence-electron chi connectivity index (χ3n) is 6.82. The van der Waals surface area contributed by atoms with Gasteiger partial charge in [-0.25, -0.2) is 0 Å². The minimum atomic E-state index is -0.842. The Morgan fingerprint density at radius 3 is 2.39 bits per heavy atom. The van der Waals surface area contributed by atoms with Crippen LogP contribution in [0.3, 0.4) is 0 Å². The monoisotopic (exact) mass is 511 g/mol. The highest BCUT2D eigenvalue weighted by molar-refractivity contribution is 6.51. The first-order chi connectivity index (χ1) is 18.2. The van der Waals surface area contributed by atoms with Crippen LogP contribution in [-0.4, -0.2) is 43.4 Å². The van der Waals surface area contributed by atoms with Crippen molar-refractivity contribution in [2.24, 2.45) is 0 Å². The first-order valence-corrected chi connectivity index (χ1v) is 12.5. The largest absolute Gasteiger partial charge is 0.507 e. The number of carbonyl (C=O) groups is 3. The van der Waals surface area contributed by atoms with Gasteiger partial charge in [0.2, 0.25) is 5.91 Å². The second kappa shape index (κ2) is 10.0. The molecular formula is C30H29N3O5. The summed E-state index contributed by atoms with van der Waals surface area (Å²) in [7, 11) is 3.86. The lowest BCUT2D eigenvalue weighted by Crippen LogP contribution is -2.29. The van der Waals surface area contributed by atoms with E-state index in [9.17, 15) is 19.5 Å². The number of Topliss-reactive ketones (excluding diaryl/α,β-unsaturated/α-hetero) is 1. The number of hydrogen-bond donors (Lipinski definition) is 2. The molecule has 2 heterocycles. The number of benzene rings is 3. The van der Waals surface area contributed by atoms with Gasteiger partial charge in [-0.15, -0.1) is 0 Å². The van der Waals surface area contributed by atoms with E-state index in [1.165, 1.54) is 11.8 Å². The molecule has 1 saturated heterocycles. The third kappa shape index (κ3) is 4.61. The average Bonchev–Trinajstić information content (AvgIpc) is 3.18. The topological polar surface area (TPSA) is 99.2 Å². The van der Waals surface area contributed by atoms with Crippen LogP contribution in [0, 0.1) is 0 Å². The lowest BCUT2D eigenvalue weighted by atomic mass is 9.93. The summed E-state index contributed by atoms with van der Waals surface area (Å²) in [5.74, 6) is -1.17. The van der Waals surface area contributed by atoms with Crippen molar-refractivity contribution >= 4 is 40.4 Å². The predicted molar refractivity (Wildman–Crippen MR) is 147 cm³/mol. The molecule has 2 N–H and O–H groups in total. The van der Waals surface area contributed by atoms with Gasteiger partial charge in [0.1, 0.15) is 11.5 Å². The molecule has 3 aromatic carbocycles. The molecule has 38 heavy (non-hydrogen) atoms. The summed E-state index contributed by atoms with van der Waals surface area (Å²) >= 11 is 0. The molecule has 1 atom stereocenters. The van der Waals surface area contributed by atoms with Gasteiger partial charge in [0, 0.05) is 43.6 Å². The molecule has 2 aliphatic rings. The third-order valence-corrected chi connectivity index (χ3v) is 6.82. The molecule has 0 saturated carbocycles. The molecule has 2 aliphatic heterocycles. The van der Waals surface area contributed by atoms with E-state index in [1.54, 1.807) is 36.4 Å². The smallest absolute Gasteiger partial charge is 0.300 e. The summed E-state index contributed by atoms with van der Waals surface area (Å²) in [5.41, 5.74) is 4.12. The van der Waals surface area contributed by atoms with Gasteiger partial charge in [-0.05, 0) is 78.6 Å². The fourth-order valence-electron chi connectivity index (χ4n) is 4.94. The number of fused-ring (bicyclic) bond motifs is 1. The second-order valence-corrected chi connectivity index (χ2v) is 9.66. The number of ketones is 1. The van der Waals surface area contributed by atoms with Gasteiger partial charge < -0.3 is 20.1 Å². The number of ether oxygens (including phenoxy) is 1. The van der Waals surface area contributed by atoms with Gasteiger partial charge in [-0.1, -0.05) is 12.1 Å². The van der Waals surface area contributed by atoms with Crippen molar-refractivity contribution in [3.05, 3.63) is 89.0 Å². The van der Waals surface area contributed by atoms with Crippen LogP contribution >= 0.6 is 0 Å². The molecule has 1 unspecified atom stereocenters. The van der Waals surface area contributed by atoms with Crippen molar-refractivity contribution in [1.82, 2.24) is 0 Å². The zero-order valence-electron chi connectivity index (χ0n) is 21.5. The Morgan fingerprint density at radius 2 is 1.74 bits per heavy atom. The number of nitrogens with one attached hydrogen (secondary N) is 1. The molecular weight excluding hydrogens is 482 g/mol. The standard InChI is InChI=1S/C30H29N3O5/c1-18(34)31-22-9-13-24(14-10-22)33-27(19-6-11-23(12-7-19)32(2)3)26(29(36)30(33)37)28(35)21-8-15-25-20(17-21)5-4-16-38-25/h6-15,17,27,35H,4-5,16H2,1-3H3,(H,31,34)/b28-26-. The zero-order chi connectivity index (χ0) is 27.0. The van der Waals surface area contributed by atoms with Gasteiger partial charge in [-0.3, -0.25) is 19.3 Å². The second-order valence-electron chi connectivity index (χ2n) is 9.66. The van der Waals surface area contributed by atoms with Crippen LogP contribution in [0.4, 0.5) is 17.1 Å². The van der Waals surface area contributed by atoms with Crippen LogP contribution in [-0.2, 0) is 20.8 Å². The van der Waals surface area contributed by atoms with E-state index in [1.807, 2.05) is 49.3 Å². The van der Waals surface area contributed by atoms with E-state index in [0.717, 1.165) is 29.8 Å². The van der Waals surface area contributed by atoms with E-state index >= 15 is 0 Å². The molecule has 0 radical (unpaired) electrons. The molecule has 0 aliphatic carbocycles. The highest BCUT2D eigenvalue weighted by Gasteiger charge is 2.47. The van der Waals surface area contributed by atoms with Crippen molar-refractivity contribution in [2.45, 2.75) is 25.8 Å². The number of aliphatic hydroxyl groups is 1. The molecule has 0 spiro atoms. The van der Waals surface area contributed by atoms with Crippen LogP contribution < -0.4 is 19.9 Å². The van der Waals surface area contributed by atoms with Crippen molar-refractivity contribution in [1.29, 1.82) is 0 Å². The van der Waals surface area contributed by atoms with Crippen LogP contribution in [0.25, 0.3) is 5.76 Å². The minimum absolute atomic E-state index is 0.0234. The van der Waals surface area contributed by atoms with E-state index in [2.05, 4.69) is 5.32 Å². The molecule has 8 nitrogen and oxygen atoms in total. The zero-order valence-corrected chi connectivity index (χ0v) is 21.5. The minimum Gasteiger partial charge on any atom is -0.507 e. The van der Waals surface area contributed by atoms with Crippen molar-refractivity contribution in [3.8, 4) is 5.75 Å². The first-order valence-electron chi connectivity index (χ1n) is 12.5. The lowest BCUT2D eigenvalue weighted by molar-refractivity contribution is -0.132. The Kier molecular flexibility index (Phi) is 6.63. The van der Waals surface area contributed by atoms with Crippen LogP contribution in [0.15, 0.2) is 72.3 Å². The van der Waals surface area contributed by atoms with Crippen LogP contribution in [0.2, 0.25) is 0 Å². The Balaban J connectivity index is 1.64. The van der Waals surface area contributed by atoms with E-state index in [4.69, 9.17) is 4.74 Å². The molecule has 3 aromatic rings. The predicted octanol–water partition coefficient (Wildman–Crippen LogP) is 4.66. The van der Waals surface area contributed by atoms with Gasteiger partial charge in [-0.2, -0.15) is 0 Å². The van der Waals surface area contributed by atoms with E-state index < -0.39 is 17.7 Å². The van der Waals surface area contributed by atoms with E-state index in [-0.39, 0.29) is 17.2 Å². The quantitative estimate of drug-likeness (QED) is 0.294. The van der Waals surface area contributed by atoms with Gasteiger partial charge in [0.05, 0.1) is 18.2 Å². The summed E-state index contributed by atoms with van der Waals surface area (Å²) in [4.78, 5) is 41.7. The number of rotatable bonds is 5.